The van der Waals surface area contributed by atoms with Gasteiger partial charge in [0.25, 0.3) is 0 Å². The van der Waals surface area contributed by atoms with E-state index in [-0.39, 0.29) is 6.04 Å². The summed E-state index contributed by atoms with van der Waals surface area (Å²) in [5.41, 5.74) is 2.06. The zero-order chi connectivity index (χ0) is 17.2. The van der Waals surface area contributed by atoms with Gasteiger partial charge in [0.1, 0.15) is 5.76 Å². The zero-order valence-electron chi connectivity index (χ0n) is 14.2. The van der Waals surface area contributed by atoms with Gasteiger partial charge in [-0.25, -0.2) is 13.1 Å². The van der Waals surface area contributed by atoms with E-state index in [2.05, 4.69) is 9.62 Å². The molecule has 130 valence electrons. The van der Waals surface area contributed by atoms with Crippen LogP contribution in [-0.2, 0) is 10.0 Å². The van der Waals surface area contributed by atoms with Gasteiger partial charge >= 0.3 is 0 Å². The molecule has 1 saturated heterocycles. The van der Waals surface area contributed by atoms with E-state index in [4.69, 9.17) is 4.42 Å². The summed E-state index contributed by atoms with van der Waals surface area (Å²) in [7, 11) is -3.53. The first-order chi connectivity index (χ1) is 11.5. The van der Waals surface area contributed by atoms with Gasteiger partial charge in [0.2, 0.25) is 10.0 Å². The molecule has 1 unspecified atom stereocenters. The van der Waals surface area contributed by atoms with Gasteiger partial charge in [-0.1, -0.05) is 6.07 Å². The molecule has 1 aliphatic rings. The van der Waals surface area contributed by atoms with E-state index in [0.29, 0.717) is 11.4 Å². The average Bonchev–Trinajstić information content (AvgIpc) is 3.24. The topological polar surface area (TPSA) is 62.6 Å². The van der Waals surface area contributed by atoms with Crippen molar-refractivity contribution >= 4 is 10.0 Å². The number of rotatable bonds is 6. The normalized spacial score (nSPS) is 17.2. The molecule has 1 aromatic carbocycles. The summed E-state index contributed by atoms with van der Waals surface area (Å²) in [5.74, 6) is 0.805. The molecular formula is C18H24N2O3S. The molecule has 24 heavy (non-hydrogen) atoms. The maximum absolute atomic E-state index is 12.6. The first kappa shape index (κ1) is 17.2. The Bertz CT molecular complexity index is 779. The van der Waals surface area contributed by atoms with Gasteiger partial charge in [0.05, 0.1) is 17.2 Å². The lowest BCUT2D eigenvalue weighted by Gasteiger charge is -2.26. The molecule has 0 aliphatic carbocycles. The van der Waals surface area contributed by atoms with E-state index < -0.39 is 10.0 Å². The SMILES string of the molecule is Cc1ccc(S(=O)(=O)NCC(c2ccco2)N2CCCC2)cc1C. The molecule has 0 radical (unpaired) electrons. The number of hydrogen-bond donors (Lipinski definition) is 1. The van der Waals surface area contributed by atoms with Crippen molar-refractivity contribution in [2.24, 2.45) is 0 Å². The number of hydrogen-bond acceptors (Lipinski definition) is 4. The minimum atomic E-state index is -3.53. The number of furan rings is 1. The third-order valence-electron chi connectivity index (χ3n) is 4.71. The molecule has 1 aromatic heterocycles. The first-order valence-electron chi connectivity index (χ1n) is 8.32. The molecule has 2 aromatic rings. The van der Waals surface area contributed by atoms with Crippen LogP contribution in [0.15, 0.2) is 45.9 Å². The van der Waals surface area contributed by atoms with Crippen molar-refractivity contribution in [2.45, 2.75) is 37.6 Å². The van der Waals surface area contributed by atoms with Crippen LogP contribution in [0.1, 0.15) is 35.8 Å². The summed E-state index contributed by atoms with van der Waals surface area (Å²) in [6.07, 6.45) is 3.92. The maximum atomic E-state index is 12.6. The number of likely N-dealkylation sites (tertiary alicyclic amines) is 1. The number of nitrogens with zero attached hydrogens (tertiary/aromatic N) is 1. The molecule has 0 amide bonds. The lowest BCUT2D eigenvalue weighted by atomic mass is 10.1. The second-order valence-corrected chi connectivity index (χ2v) is 8.14. The van der Waals surface area contributed by atoms with Gasteiger partial charge in [-0.15, -0.1) is 0 Å². The van der Waals surface area contributed by atoms with Crippen LogP contribution >= 0.6 is 0 Å². The largest absolute Gasteiger partial charge is 0.468 e. The van der Waals surface area contributed by atoms with Crippen molar-refractivity contribution in [1.29, 1.82) is 0 Å². The summed E-state index contributed by atoms with van der Waals surface area (Å²) in [6, 6.07) is 8.90. The highest BCUT2D eigenvalue weighted by Gasteiger charge is 2.27. The molecule has 1 atom stereocenters. The third-order valence-corrected chi connectivity index (χ3v) is 6.13. The van der Waals surface area contributed by atoms with Crippen molar-refractivity contribution in [3.8, 4) is 0 Å². The number of benzene rings is 1. The third kappa shape index (κ3) is 3.71. The first-order valence-corrected chi connectivity index (χ1v) is 9.80. The molecule has 3 rings (SSSR count). The maximum Gasteiger partial charge on any atom is 0.240 e. The van der Waals surface area contributed by atoms with Gasteiger partial charge in [-0.3, -0.25) is 4.90 Å². The fourth-order valence-electron chi connectivity index (χ4n) is 3.10. The van der Waals surface area contributed by atoms with Crippen LogP contribution in [-0.4, -0.2) is 33.0 Å². The van der Waals surface area contributed by atoms with E-state index in [1.807, 2.05) is 32.0 Å². The van der Waals surface area contributed by atoms with Gasteiger partial charge in [0, 0.05) is 6.54 Å². The van der Waals surface area contributed by atoms with E-state index in [9.17, 15) is 8.42 Å². The van der Waals surface area contributed by atoms with Crippen molar-refractivity contribution < 1.29 is 12.8 Å². The number of aryl methyl sites for hydroxylation is 2. The molecule has 6 heteroatoms. The summed E-state index contributed by atoms with van der Waals surface area (Å²) in [4.78, 5) is 2.59. The Morgan fingerprint density at radius 3 is 2.54 bits per heavy atom. The molecule has 1 N–H and O–H groups in total. The van der Waals surface area contributed by atoms with Gasteiger partial charge < -0.3 is 4.42 Å². The highest BCUT2D eigenvalue weighted by Crippen LogP contribution is 2.25. The number of sulfonamides is 1. The van der Waals surface area contributed by atoms with Crippen LogP contribution in [0.2, 0.25) is 0 Å². The molecule has 0 saturated carbocycles. The summed E-state index contributed by atoms with van der Waals surface area (Å²) in [5, 5.41) is 0. The monoisotopic (exact) mass is 348 g/mol. The molecule has 1 fully saturated rings. The summed E-state index contributed by atoms with van der Waals surface area (Å²) in [6.45, 7) is 6.14. The quantitative estimate of drug-likeness (QED) is 0.872. The fourth-order valence-corrected chi connectivity index (χ4v) is 4.22. The predicted octanol–water partition coefficient (Wildman–Crippen LogP) is 3.01. The lowest BCUT2D eigenvalue weighted by Crippen LogP contribution is -2.36. The van der Waals surface area contributed by atoms with Crippen LogP contribution in [0.5, 0.6) is 0 Å². The van der Waals surface area contributed by atoms with Gasteiger partial charge in [-0.2, -0.15) is 0 Å². The Morgan fingerprint density at radius 1 is 1.17 bits per heavy atom. The van der Waals surface area contributed by atoms with Crippen LogP contribution < -0.4 is 4.72 Å². The van der Waals surface area contributed by atoms with Gasteiger partial charge in [0.15, 0.2) is 0 Å². The molecule has 2 heterocycles. The van der Waals surface area contributed by atoms with Crippen molar-refractivity contribution in [2.75, 3.05) is 19.6 Å². The lowest BCUT2D eigenvalue weighted by molar-refractivity contribution is 0.216. The van der Waals surface area contributed by atoms with E-state index in [1.165, 1.54) is 0 Å². The van der Waals surface area contributed by atoms with Crippen molar-refractivity contribution in [1.82, 2.24) is 9.62 Å². The Morgan fingerprint density at radius 2 is 1.92 bits per heavy atom. The Labute approximate surface area is 143 Å². The standard InChI is InChI=1S/C18H24N2O3S/c1-14-7-8-16(12-15(14)2)24(21,22)19-13-17(18-6-5-11-23-18)20-9-3-4-10-20/h5-8,11-12,17,19H,3-4,9-10,13H2,1-2H3. The molecule has 5 nitrogen and oxygen atoms in total. The Balaban J connectivity index is 1.76. The molecule has 0 spiro atoms. The van der Waals surface area contributed by atoms with Crippen molar-refractivity contribution in [3.05, 3.63) is 53.5 Å². The minimum Gasteiger partial charge on any atom is -0.468 e. The number of nitrogens with one attached hydrogen (secondary N) is 1. The average molecular weight is 348 g/mol. The smallest absolute Gasteiger partial charge is 0.240 e. The predicted molar refractivity (Wildman–Crippen MR) is 93.4 cm³/mol. The molecular weight excluding hydrogens is 324 g/mol. The highest BCUT2D eigenvalue weighted by molar-refractivity contribution is 7.89. The fraction of sp³-hybridized carbons (Fsp3) is 0.444. The highest BCUT2D eigenvalue weighted by atomic mass is 32.2. The van der Waals surface area contributed by atoms with Crippen LogP contribution in [0.25, 0.3) is 0 Å². The van der Waals surface area contributed by atoms with Crippen LogP contribution in [0.3, 0.4) is 0 Å². The second-order valence-electron chi connectivity index (χ2n) is 6.37. The molecule has 0 bridgehead atoms. The zero-order valence-corrected chi connectivity index (χ0v) is 15.0. The molecule has 1 aliphatic heterocycles. The second kappa shape index (κ2) is 7.09. The summed E-state index contributed by atoms with van der Waals surface area (Å²) < 4.78 is 33.5. The Kier molecular flexibility index (Phi) is 5.08. The van der Waals surface area contributed by atoms with Crippen LogP contribution in [0, 0.1) is 13.8 Å². The minimum absolute atomic E-state index is 0.0659. The van der Waals surface area contributed by atoms with Crippen molar-refractivity contribution in [3.63, 3.8) is 0 Å². The summed E-state index contributed by atoms with van der Waals surface area (Å²) >= 11 is 0. The van der Waals surface area contributed by atoms with E-state index >= 15 is 0 Å². The van der Waals surface area contributed by atoms with Gasteiger partial charge in [-0.05, 0) is 75.2 Å². The van der Waals surface area contributed by atoms with Crippen LogP contribution in [0.4, 0.5) is 0 Å². The van der Waals surface area contributed by atoms with E-state index in [1.54, 1.807) is 18.4 Å². The van der Waals surface area contributed by atoms with E-state index in [0.717, 1.165) is 42.8 Å². The Hall–Kier alpha value is -1.63.